The molecule has 1 fully saturated rings. The summed E-state index contributed by atoms with van der Waals surface area (Å²) in [5, 5.41) is 4.59. The Labute approximate surface area is 203 Å². The first kappa shape index (κ1) is 22.4. The van der Waals surface area contributed by atoms with Crippen LogP contribution in [0.1, 0.15) is 11.1 Å². The van der Waals surface area contributed by atoms with Gasteiger partial charge in [0.05, 0.1) is 5.56 Å². The molecule has 174 valence electrons. The van der Waals surface area contributed by atoms with Gasteiger partial charge in [-0.3, -0.25) is 4.79 Å². The number of benzene rings is 2. The fraction of sp³-hybridized carbons (Fsp3) is 0.269. The monoisotopic (exact) mass is 474 g/mol. The lowest BCUT2D eigenvalue weighted by Crippen LogP contribution is -2.44. The van der Waals surface area contributed by atoms with Crippen LogP contribution in [0.2, 0.25) is 5.02 Å². The number of aromatic nitrogens is 3. The average molecular weight is 475 g/mol. The van der Waals surface area contributed by atoms with Crippen molar-refractivity contribution < 1.29 is 0 Å². The number of rotatable bonds is 4. The highest BCUT2D eigenvalue weighted by atomic mass is 35.5. The fourth-order valence-electron chi connectivity index (χ4n) is 4.54. The van der Waals surface area contributed by atoms with Crippen molar-refractivity contribution in [1.82, 2.24) is 19.9 Å². The Kier molecular flexibility index (Phi) is 5.98. The van der Waals surface area contributed by atoms with E-state index in [1.165, 1.54) is 11.3 Å². The molecule has 1 aliphatic heterocycles. The molecule has 0 aliphatic carbocycles. The predicted molar refractivity (Wildman–Crippen MR) is 140 cm³/mol. The van der Waals surface area contributed by atoms with Crippen LogP contribution in [0.4, 0.5) is 17.3 Å². The maximum absolute atomic E-state index is 12.9. The number of hydrogen-bond donors (Lipinski definition) is 2. The van der Waals surface area contributed by atoms with Crippen molar-refractivity contribution in [2.75, 3.05) is 43.4 Å². The molecule has 1 aliphatic rings. The van der Waals surface area contributed by atoms with Crippen LogP contribution < -0.4 is 15.8 Å². The third-order valence-corrected chi connectivity index (χ3v) is 6.80. The van der Waals surface area contributed by atoms with Crippen molar-refractivity contribution in [1.29, 1.82) is 0 Å². The lowest BCUT2D eigenvalue weighted by Gasteiger charge is -2.35. The maximum Gasteiger partial charge on any atom is 0.257 e. The van der Waals surface area contributed by atoms with Crippen LogP contribution >= 0.6 is 11.6 Å². The summed E-state index contributed by atoms with van der Waals surface area (Å²) in [5.41, 5.74) is 5.65. The molecule has 8 heteroatoms. The number of piperazine rings is 1. The minimum absolute atomic E-state index is 0.227. The number of nitrogens with zero attached hydrogens (tertiary/aromatic N) is 4. The van der Waals surface area contributed by atoms with Crippen molar-refractivity contribution in [2.24, 2.45) is 0 Å². The Morgan fingerprint density at radius 3 is 2.56 bits per heavy atom. The molecule has 2 aromatic carbocycles. The summed E-state index contributed by atoms with van der Waals surface area (Å²) >= 11 is 6.35. The number of halogens is 1. The van der Waals surface area contributed by atoms with Crippen molar-refractivity contribution in [3.63, 3.8) is 0 Å². The lowest BCUT2D eigenvalue weighted by molar-refractivity contribution is 0.312. The van der Waals surface area contributed by atoms with Gasteiger partial charge in [0.2, 0.25) is 5.95 Å². The fourth-order valence-corrected chi connectivity index (χ4v) is 4.77. The molecule has 34 heavy (non-hydrogen) atoms. The second-order valence-electron chi connectivity index (χ2n) is 8.81. The Morgan fingerprint density at radius 2 is 1.82 bits per heavy atom. The smallest absolute Gasteiger partial charge is 0.257 e. The molecule has 7 nitrogen and oxygen atoms in total. The summed E-state index contributed by atoms with van der Waals surface area (Å²) in [6.07, 6.45) is 1.74. The SMILES string of the molecule is Cc1cc(Nc2ncc3c(C)c(-c4ccccc4Cl)c(=O)[nH]c3n2)ccc1N1CCN(C)CC1. The molecule has 0 amide bonds. The van der Waals surface area contributed by atoms with E-state index in [9.17, 15) is 4.79 Å². The number of hydrogen-bond acceptors (Lipinski definition) is 6. The molecule has 1 saturated heterocycles. The first-order valence-corrected chi connectivity index (χ1v) is 11.7. The molecule has 2 aromatic heterocycles. The Bertz CT molecular complexity index is 1420. The quantitative estimate of drug-likeness (QED) is 0.444. The molecule has 0 radical (unpaired) electrons. The van der Waals surface area contributed by atoms with E-state index in [-0.39, 0.29) is 5.56 Å². The van der Waals surface area contributed by atoms with Crippen molar-refractivity contribution >= 4 is 40.0 Å². The number of likely N-dealkylation sites (N-methyl/N-ethyl adjacent to an activating group) is 1. The van der Waals surface area contributed by atoms with Crippen LogP contribution in [0.5, 0.6) is 0 Å². The summed E-state index contributed by atoms with van der Waals surface area (Å²) in [7, 11) is 2.16. The first-order valence-electron chi connectivity index (χ1n) is 11.4. The highest BCUT2D eigenvalue weighted by molar-refractivity contribution is 6.33. The zero-order valence-corrected chi connectivity index (χ0v) is 20.3. The van der Waals surface area contributed by atoms with Crippen molar-refractivity contribution in [2.45, 2.75) is 13.8 Å². The summed E-state index contributed by atoms with van der Waals surface area (Å²) in [6.45, 7) is 8.21. The maximum atomic E-state index is 12.9. The molecular formula is C26H27ClN6O. The van der Waals surface area contributed by atoms with E-state index in [1.807, 2.05) is 31.2 Å². The summed E-state index contributed by atoms with van der Waals surface area (Å²) in [6, 6.07) is 13.6. The highest BCUT2D eigenvalue weighted by Crippen LogP contribution is 2.30. The molecule has 4 aromatic rings. The van der Waals surface area contributed by atoms with Crippen LogP contribution in [0, 0.1) is 13.8 Å². The Morgan fingerprint density at radius 1 is 1.06 bits per heavy atom. The lowest BCUT2D eigenvalue weighted by atomic mass is 10.0. The second kappa shape index (κ2) is 9.08. The minimum Gasteiger partial charge on any atom is -0.369 e. The van der Waals surface area contributed by atoms with Gasteiger partial charge in [-0.25, -0.2) is 4.98 Å². The van der Waals surface area contributed by atoms with Gasteiger partial charge in [-0.05, 0) is 56.3 Å². The van der Waals surface area contributed by atoms with E-state index < -0.39 is 0 Å². The van der Waals surface area contributed by atoms with E-state index in [4.69, 9.17) is 11.6 Å². The van der Waals surface area contributed by atoms with Crippen molar-refractivity contribution in [3.8, 4) is 11.1 Å². The van der Waals surface area contributed by atoms with Crippen molar-refractivity contribution in [3.05, 3.63) is 75.2 Å². The zero-order chi connectivity index (χ0) is 23.8. The molecule has 0 saturated carbocycles. The number of fused-ring (bicyclic) bond motifs is 1. The van der Waals surface area contributed by atoms with E-state index in [2.05, 4.69) is 56.2 Å². The van der Waals surface area contributed by atoms with Gasteiger partial charge < -0.3 is 20.1 Å². The summed E-state index contributed by atoms with van der Waals surface area (Å²) < 4.78 is 0. The van der Waals surface area contributed by atoms with Crippen LogP contribution in [-0.4, -0.2) is 53.1 Å². The first-order chi connectivity index (χ1) is 16.4. The van der Waals surface area contributed by atoms with E-state index >= 15 is 0 Å². The molecule has 0 unspecified atom stereocenters. The number of pyridine rings is 1. The van der Waals surface area contributed by atoms with Gasteiger partial charge in [0.15, 0.2) is 0 Å². The molecule has 2 N–H and O–H groups in total. The van der Waals surface area contributed by atoms with Crippen LogP contribution in [0.3, 0.4) is 0 Å². The second-order valence-corrected chi connectivity index (χ2v) is 9.21. The topological polar surface area (TPSA) is 77.1 Å². The van der Waals surface area contributed by atoms with Crippen LogP contribution in [-0.2, 0) is 0 Å². The number of nitrogens with one attached hydrogen (secondary N) is 2. The van der Waals surface area contributed by atoms with E-state index in [0.717, 1.165) is 42.8 Å². The normalized spacial score (nSPS) is 14.5. The van der Waals surface area contributed by atoms with Gasteiger partial charge in [0.25, 0.3) is 5.56 Å². The van der Waals surface area contributed by atoms with Gasteiger partial charge in [0, 0.05) is 59.7 Å². The molecular weight excluding hydrogens is 448 g/mol. The van der Waals surface area contributed by atoms with Crippen LogP contribution in [0.25, 0.3) is 22.2 Å². The highest BCUT2D eigenvalue weighted by Gasteiger charge is 2.17. The molecule has 0 spiro atoms. The Hall–Kier alpha value is -3.42. The van der Waals surface area contributed by atoms with Gasteiger partial charge >= 0.3 is 0 Å². The molecule has 0 bridgehead atoms. The number of anilines is 3. The van der Waals surface area contributed by atoms with Gasteiger partial charge in [0.1, 0.15) is 5.65 Å². The third kappa shape index (κ3) is 4.24. The number of H-pyrrole nitrogens is 1. The van der Waals surface area contributed by atoms with Gasteiger partial charge in [-0.15, -0.1) is 0 Å². The van der Waals surface area contributed by atoms with Gasteiger partial charge in [-0.1, -0.05) is 29.8 Å². The zero-order valence-electron chi connectivity index (χ0n) is 19.5. The molecule has 0 atom stereocenters. The standard InChI is InChI=1S/C26H27ClN6O/c1-16-14-18(8-9-22(16)33-12-10-32(3)11-13-33)29-26-28-15-20-17(2)23(25(34)30-24(20)31-26)19-6-4-5-7-21(19)27/h4-9,14-15H,10-13H2,1-3H3,(H2,28,29,30,31,34). The van der Waals surface area contributed by atoms with Crippen LogP contribution in [0.15, 0.2) is 53.5 Å². The third-order valence-electron chi connectivity index (χ3n) is 6.47. The summed E-state index contributed by atoms with van der Waals surface area (Å²) in [4.78, 5) is 29.7. The Balaban J connectivity index is 1.43. The number of aryl methyl sites for hydroxylation is 2. The molecule has 3 heterocycles. The number of aromatic amines is 1. The summed E-state index contributed by atoms with van der Waals surface area (Å²) in [5.74, 6) is 0.430. The average Bonchev–Trinajstić information content (AvgIpc) is 2.81. The minimum atomic E-state index is -0.227. The van der Waals surface area contributed by atoms with Gasteiger partial charge in [-0.2, -0.15) is 4.98 Å². The van der Waals surface area contributed by atoms with E-state index in [1.54, 1.807) is 12.3 Å². The van der Waals surface area contributed by atoms with E-state index in [0.29, 0.717) is 27.7 Å². The largest absolute Gasteiger partial charge is 0.369 e. The molecule has 5 rings (SSSR count). The predicted octanol–water partition coefficient (Wildman–Crippen LogP) is 4.75.